The fraction of sp³-hybridized carbons (Fsp3) is 0.118. The SMILES string of the molecule is Cc1cccc(Oc2ncc(CCl)c3ccccc23)c1. The number of pyridine rings is 1. The van der Waals surface area contributed by atoms with Crippen molar-refractivity contribution in [2.45, 2.75) is 12.8 Å². The van der Waals surface area contributed by atoms with E-state index >= 15 is 0 Å². The molecule has 0 saturated carbocycles. The summed E-state index contributed by atoms with van der Waals surface area (Å²) in [4.78, 5) is 4.40. The molecular weight excluding hydrogens is 270 g/mol. The molecule has 0 aliphatic carbocycles. The highest BCUT2D eigenvalue weighted by Crippen LogP contribution is 2.30. The fourth-order valence-electron chi connectivity index (χ4n) is 2.20. The van der Waals surface area contributed by atoms with Gasteiger partial charge >= 0.3 is 0 Å². The number of halogens is 1. The molecule has 0 bridgehead atoms. The van der Waals surface area contributed by atoms with Crippen LogP contribution in [0.3, 0.4) is 0 Å². The number of aromatic nitrogens is 1. The largest absolute Gasteiger partial charge is 0.438 e. The van der Waals surface area contributed by atoms with Crippen LogP contribution in [0.1, 0.15) is 11.1 Å². The van der Waals surface area contributed by atoms with Crippen molar-refractivity contribution in [2.75, 3.05) is 0 Å². The Hall–Kier alpha value is -2.06. The van der Waals surface area contributed by atoms with Gasteiger partial charge in [0.1, 0.15) is 5.75 Å². The number of fused-ring (bicyclic) bond motifs is 1. The first-order valence-corrected chi connectivity index (χ1v) is 6.98. The normalized spacial score (nSPS) is 10.7. The molecule has 0 spiro atoms. The lowest BCUT2D eigenvalue weighted by molar-refractivity contribution is 0.468. The molecule has 3 rings (SSSR count). The predicted octanol–water partition coefficient (Wildman–Crippen LogP) is 5.07. The predicted molar refractivity (Wildman–Crippen MR) is 82.6 cm³/mol. The monoisotopic (exact) mass is 283 g/mol. The molecule has 100 valence electrons. The van der Waals surface area contributed by atoms with Gasteiger partial charge in [0.15, 0.2) is 0 Å². The highest BCUT2D eigenvalue weighted by atomic mass is 35.5. The number of hydrogen-bond donors (Lipinski definition) is 0. The minimum Gasteiger partial charge on any atom is -0.438 e. The topological polar surface area (TPSA) is 22.1 Å². The minimum atomic E-state index is 0.443. The second-order valence-corrected chi connectivity index (χ2v) is 4.95. The Labute approximate surface area is 123 Å². The number of nitrogens with zero attached hydrogens (tertiary/aromatic N) is 1. The highest BCUT2D eigenvalue weighted by Gasteiger charge is 2.08. The van der Waals surface area contributed by atoms with Crippen LogP contribution < -0.4 is 4.74 Å². The maximum absolute atomic E-state index is 5.96. The third kappa shape index (κ3) is 2.47. The van der Waals surface area contributed by atoms with Crippen LogP contribution in [0, 0.1) is 6.92 Å². The number of aryl methyl sites for hydroxylation is 1. The van der Waals surface area contributed by atoms with Gasteiger partial charge in [-0.25, -0.2) is 4.98 Å². The van der Waals surface area contributed by atoms with Gasteiger partial charge in [0.05, 0.1) is 0 Å². The molecule has 20 heavy (non-hydrogen) atoms. The second kappa shape index (κ2) is 5.51. The molecule has 0 aliphatic heterocycles. The van der Waals surface area contributed by atoms with Gasteiger partial charge in [-0.15, -0.1) is 11.6 Å². The smallest absolute Gasteiger partial charge is 0.227 e. The summed E-state index contributed by atoms with van der Waals surface area (Å²) in [6, 6.07) is 15.9. The summed E-state index contributed by atoms with van der Waals surface area (Å²) in [5.41, 5.74) is 2.17. The van der Waals surface area contributed by atoms with Gasteiger partial charge in [0.2, 0.25) is 5.88 Å². The average molecular weight is 284 g/mol. The Bertz CT molecular complexity index is 755. The maximum Gasteiger partial charge on any atom is 0.227 e. The molecule has 3 aromatic rings. The van der Waals surface area contributed by atoms with E-state index in [0.717, 1.165) is 27.6 Å². The first kappa shape index (κ1) is 12.9. The van der Waals surface area contributed by atoms with Gasteiger partial charge in [-0.2, -0.15) is 0 Å². The Morgan fingerprint density at radius 1 is 1.05 bits per heavy atom. The van der Waals surface area contributed by atoms with Crippen LogP contribution in [0.5, 0.6) is 11.6 Å². The number of rotatable bonds is 3. The molecule has 0 atom stereocenters. The number of alkyl halides is 1. The first-order chi connectivity index (χ1) is 9.78. The van der Waals surface area contributed by atoms with E-state index in [4.69, 9.17) is 16.3 Å². The van der Waals surface area contributed by atoms with Crippen molar-refractivity contribution in [1.82, 2.24) is 4.98 Å². The first-order valence-electron chi connectivity index (χ1n) is 6.45. The van der Waals surface area contributed by atoms with Crippen LogP contribution in [0.4, 0.5) is 0 Å². The Kier molecular flexibility index (Phi) is 3.57. The lowest BCUT2D eigenvalue weighted by Crippen LogP contribution is -1.92. The molecule has 0 radical (unpaired) electrons. The molecule has 0 N–H and O–H groups in total. The van der Waals surface area contributed by atoms with E-state index in [1.165, 1.54) is 0 Å². The van der Waals surface area contributed by atoms with E-state index in [9.17, 15) is 0 Å². The van der Waals surface area contributed by atoms with Crippen LogP contribution in [0.15, 0.2) is 54.7 Å². The quantitative estimate of drug-likeness (QED) is 0.626. The number of hydrogen-bond acceptors (Lipinski definition) is 2. The molecular formula is C17H14ClNO. The zero-order valence-corrected chi connectivity index (χ0v) is 11.9. The standard InChI is InChI=1S/C17H14ClNO/c1-12-5-4-6-14(9-12)20-17-16-8-3-2-7-15(16)13(10-18)11-19-17/h2-9,11H,10H2,1H3. The summed E-state index contributed by atoms with van der Waals surface area (Å²) >= 11 is 5.96. The van der Waals surface area contributed by atoms with Crippen LogP contribution in [0.25, 0.3) is 10.8 Å². The van der Waals surface area contributed by atoms with Crippen molar-refractivity contribution in [2.24, 2.45) is 0 Å². The van der Waals surface area contributed by atoms with Crippen LogP contribution in [0.2, 0.25) is 0 Å². The van der Waals surface area contributed by atoms with Crippen molar-refractivity contribution in [3.05, 3.63) is 65.9 Å². The van der Waals surface area contributed by atoms with Crippen molar-refractivity contribution >= 4 is 22.4 Å². The Morgan fingerprint density at radius 3 is 2.60 bits per heavy atom. The molecule has 0 saturated heterocycles. The van der Waals surface area contributed by atoms with Crippen LogP contribution in [-0.2, 0) is 5.88 Å². The van der Waals surface area contributed by atoms with Crippen molar-refractivity contribution < 1.29 is 4.74 Å². The van der Waals surface area contributed by atoms with Crippen molar-refractivity contribution in [1.29, 1.82) is 0 Å². The van der Waals surface area contributed by atoms with E-state index < -0.39 is 0 Å². The summed E-state index contributed by atoms with van der Waals surface area (Å²) < 4.78 is 5.92. The lowest BCUT2D eigenvalue weighted by Gasteiger charge is -2.10. The Balaban J connectivity index is 2.08. The molecule has 1 heterocycles. The minimum absolute atomic E-state index is 0.443. The van der Waals surface area contributed by atoms with Crippen molar-refractivity contribution in [3.8, 4) is 11.6 Å². The number of ether oxygens (including phenoxy) is 1. The van der Waals surface area contributed by atoms with E-state index in [2.05, 4.69) is 4.98 Å². The van der Waals surface area contributed by atoms with E-state index in [-0.39, 0.29) is 0 Å². The van der Waals surface area contributed by atoms with Crippen LogP contribution in [-0.4, -0.2) is 4.98 Å². The van der Waals surface area contributed by atoms with Gasteiger partial charge in [-0.05, 0) is 41.6 Å². The average Bonchev–Trinajstić information content (AvgIpc) is 2.48. The second-order valence-electron chi connectivity index (χ2n) is 4.69. The van der Waals surface area contributed by atoms with Crippen molar-refractivity contribution in [3.63, 3.8) is 0 Å². The Morgan fingerprint density at radius 2 is 1.85 bits per heavy atom. The van der Waals surface area contributed by atoms with Gasteiger partial charge < -0.3 is 4.74 Å². The summed E-state index contributed by atoms with van der Waals surface area (Å²) in [7, 11) is 0. The van der Waals surface area contributed by atoms with E-state index in [0.29, 0.717) is 11.8 Å². The molecule has 2 aromatic carbocycles. The molecule has 0 aliphatic rings. The van der Waals surface area contributed by atoms with E-state index in [1.807, 2.05) is 55.5 Å². The van der Waals surface area contributed by atoms with E-state index in [1.54, 1.807) is 6.20 Å². The summed E-state index contributed by atoms with van der Waals surface area (Å²) in [5.74, 6) is 1.85. The van der Waals surface area contributed by atoms with Gasteiger partial charge in [0.25, 0.3) is 0 Å². The molecule has 3 heteroatoms. The fourth-order valence-corrected chi connectivity index (χ4v) is 2.42. The molecule has 0 unspecified atom stereocenters. The number of benzene rings is 2. The zero-order chi connectivity index (χ0) is 13.9. The summed E-state index contributed by atoms with van der Waals surface area (Å²) in [6.45, 7) is 2.04. The highest BCUT2D eigenvalue weighted by molar-refractivity contribution is 6.18. The third-order valence-corrected chi connectivity index (χ3v) is 3.48. The summed E-state index contributed by atoms with van der Waals surface area (Å²) in [6.07, 6.45) is 1.78. The molecule has 0 fully saturated rings. The summed E-state index contributed by atoms with van der Waals surface area (Å²) in [5, 5.41) is 2.06. The maximum atomic E-state index is 5.96. The van der Waals surface area contributed by atoms with Gasteiger partial charge in [0, 0.05) is 17.5 Å². The molecule has 0 amide bonds. The molecule has 1 aromatic heterocycles. The molecule has 2 nitrogen and oxygen atoms in total. The van der Waals surface area contributed by atoms with Gasteiger partial charge in [-0.1, -0.05) is 30.3 Å². The lowest BCUT2D eigenvalue weighted by atomic mass is 10.1. The zero-order valence-electron chi connectivity index (χ0n) is 11.1. The third-order valence-electron chi connectivity index (χ3n) is 3.19. The van der Waals surface area contributed by atoms with Gasteiger partial charge in [-0.3, -0.25) is 0 Å². The van der Waals surface area contributed by atoms with Crippen LogP contribution >= 0.6 is 11.6 Å².